The van der Waals surface area contributed by atoms with Gasteiger partial charge in [0, 0.05) is 26.8 Å². The molecular formula is C29H44N4O3. The molecule has 1 aliphatic carbocycles. The van der Waals surface area contributed by atoms with Gasteiger partial charge in [0.25, 0.3) is 0 Å². The highest BCUT2D eigenvalue weighted by Gasteiger charge is 2.23. The number of rotatable bonds is 10. The van der Waals surface area contributed by atoms with Gasteiger partial charge in [-0.1, -0.05) is 43.0 Å². The van der Waals surface area contributed by atoms with E-state index in [0.29, 0.717) is 18.5 Å². The van der Waals surface area contributed by atoms with Crippen LogP contribution in [0.25, 0.3) is 5.69 Å². The Bertz CT molecular complexity index is 891. The number of carbonyl (C=O) groups excluding carboxylic acids is 1. The number of methoxy groups -OCH3 is 1. The molecule has 1 aliphatic rings. The molecule has 1 heterocycles. The minimum atomic E-state index is 0.421. The van der Waals surface area contributed by atoms with Crippen molar-refractivity contribution in [1.29, 1.82) is 0 Å². The molecule has 0 aliphatic heterocycles. The molecule has 1 fully saturated rings. The van der Waals surface area contributed by atoms with Gasteiger partial charge in [0.1, 0.15) is 5.82 Å². The first kappa shape index (κ1) is 32.5. The van der Waals surface area contributed by atoms with E-state index in [1.807, 2.05) is 75.0 Å². The SMILES string of the molecule is C#C.C=C/C=C\C.CCOc1nn(-c2ccccc2)c(NC)c1C.COCCC1CC[C@H](NC=O)C1. The van der Waals surface area contributed by atoms with Crippen LogP contribution >= 0.6 is 0 Å². The molecule has 3 rings (SSSR count). The highest BCUT2D eigenvalue weighted by atomic mass is 16.5. The highest BCUT2D eigenvalue weighted by Crippen LogP contribution is 2.28. The zero-order valence-electron chi connectivity index (χ0n) is 22.6. The smallest absolute Gasteiger partial charge is 0.238 e. The van der Waals surface area contributed by atoms with Gasteiger partial charge >= 0.3 is 0 Å². The molecule has 1 aromatic carbocycles. The van der Waals surface area contributed by atoms with Gasteiger partial charge in [0.05, 0.1) is 17.9 Å². The summed E-state index contributed by atoms with van der Waals surface area (Å²) in [4.78, 5) is 10.1. The van der Waals surface area contributed by atoms with Crippen LogP contribution in [0, 0.1) is 25.7 Å². The standard InChI is InChI=1S/C13H17N3O.C9H17NO2.C5H8.C2H2/c1-4-17-13-10(2)12(14-3)16(15-13)11-8-6-5-7-9-11;1-12-5-4-8-2-3-9(6-8)10-7-11;1-3-5-4-2;1-2/h5-9,14H,4H2,1-3H3;7-9H,2-6H2,1H3,(H,10,11);3-5H,1H2,2H3;1-2H/b;;5-4-;/t;8?,9-;;/m.0../s1. The van der Waals surface area contributed by atoms with E-state index in [1.165, 1.54) is 6.42 Å². The van der Waals surface area contributed by atoms with Crippen LogP contribution in [0.2, 0.25) is 0 Å². The van der Waals surface area contributed by atoms with Crippen LogP contribution in [0.5, 0.6) is 5.88 Å². The molecular weight excluding hydrogens is 452 g/mol. The van der Waals surface area contributed by atoms with Crippen LogP contribution in [0.4, 0.5) is 5.82 Å². The lowest BCUT2D eigenvalue weighted by molar-refractivity contribution is -0.110. The fourth-order valence-electron chi connectivity index (χ4n) is 3.80. The van der Waals surface area contributed by atoms with E-state index < -0.39 is 0 Å². The van der Waals surface area contributed by atoms with Gasteiger partial charge in [0.15, 0.2) is 0 Å². The van der Waals surface area contributed by atoms with Gasteiger partial charge in [-0.05, 0) is 64.5 Å². The van der Waals surface area contributed by atoms with Crippen molar-refractivity contribution < 1.29 is 14.3 Å². The zero-order chi connectivity index (χ0) is 27.2. The number of terminal acetylenes is 1. The number of aromatic nitrogens is 2. The average Bonchev–Trinajstić information content (AvgIpc) is 3.50. The third-order valence-corrected chi connectivity index (χ3v) is 5.50. The summed E-state index contributed by atoms with van der Waals surface area (Å²) in [7, 11) is 3.62. The fourth-order valence-corrected chi connectivity index (χ4v) is 3.80. The minimum Gasteiger partial charge on any atom is -0.477 e. The molecule has 1 saturated carbocycles. The number of nitrogens with zero attached hydrogens (tertiary/aromatic N) is 2. The van der Waals surface area contributed by atoms with Gasteiger partial charge in [-0.15, -0.1) is 17.9 Å². The molecule has 36 heavy (non-hydrogen) atoms. The predicted molar refractivity (Wildman–Crippen MR) is 151 cm³/mol. The van der Waals surface area contributed by atoms with Crippen molar-refractivity contribution in [2.75, 3.05) is 32.7 Å². The summed E-state index contributed by atoms with van der Waals surface area (Å²) in [6.07, 6.45) is 19.0. The monoisotopic (exact) mass is 496 g/mol. The minimum absolute atomic E-state index is 0.421. The summed E-state index contributed by atoms with van der Waals surface area (Å²) >= 11 is 0. The Labute approximate surface area is 218 Å². The summed E-state index contributed by atoms with van der Waals surface area (Å²) in [5.41, 5.74) is 2.05. The Kier molecular flexibility index (Phi) is 18.8. The number of amides is 1. The molecule has 2 N–H and O–H groups in total. The first-order valence-corrected chi connectivity index (χ1v) is 12.3. The van der Waals surface area contributed by atoms with Crippen molar-refractivity contribution in [3.8, 4) is 24.4 Å². The number of hydrogen-bond acceptors (Lipinski definition) is 5. The summed E-state index contributed by atoms with van der Waals surface area (Å²) in [6.45, 7) is 10.9. The summed E-state index contributed by atoms with van der Waals surface area (Å²) in [6, 6.07) is 10.4. The van der Waals surface area contributed by atoms with E-state index in [1.54, 1.807) is 13.2 Å². The normalized spacial score (nSPS) is 15.8. The van der Waals surface area contributed by atoms with E-state index in [0.717, 1.165) is 55.3 Å². The lowest BCUT2D eigenvalue weighted by Gasteiger charge is -2.09. The van der Waals surface area contributed by atoms with Crippen molar-refractivity contribution >= 4 is 12.2 Å². The van der Waals surface area contributed by atoms with E-state index in [4.69, 9.17) is 9.47 Å². The van der Waals surface area contributed by atoms with Crippen LogP contribution < -0.4 is 15.4 Å². The van der Waals surface area contributed by atoms with Crippen LogP contribution in [0.15, 0.2) is 55.1 Å². The average molecular weight is 497 g/mol. The maximum Gasteiger partial charge on any atom is 0.238 e. The molecule has 7 nitrogen and oxygen atoms in total. The lowest BCUT2D eigenvalue weighted by atomic mass is 10.0. The van der Waals surface area contributed by atoms with E-state index in [-0.39, 0.29) is 0 Å². The van der Waals surface area contributed by atoms with E-state index in [2.05, 4.69) is 35.2 Å². The van der Waals surface area contributed by atoms with Crippen LogP contribution in [0.3, 0.4) is 0 Å². The Hall–Kier alpha value is -3.50. The molecule has 0 spiro atoms. The second kappa shape index (κ2) is 20.8. The third-order valence-electron chi connectivity index (χ3n) is 5.50. The number of carbonyl (C=O) groups is 1. The Morgan fingerprint density at radius 1 is 1.25 bits per heavy atom. The lowest BCUT2D eigenvalue weighted by Crippen LogP contribution is -2.24. The fraction of sp³-hybridized carbons (Fsp3) is 0.448. The van der Waals surface area contributed by atoms with E-state index >= 15 is 0 Å². The molecule has 2 atom stereocenters. The first-order chi connectivity index (χ1) is 17.6. The van der Waals surface area contributed by atoms with Crippen molar-refractivity contribution in [3.05, 3.63) is 60.7 Å². The maximum absolute atomic E-state index is 10.1. The number of para-hydroxylation sites is 1. The number of allylic oxidation sites excluding steroid dienone is 3. The molecule has 1 unspecified atom stereocenters. The predicted octanol–water partition coefficient (Wildman–Crippen LogP) is 5.56. The largest absolute Gasteiger partial charge is 0.477 e. The summed E-state index contributed by atoms with van der Waals surface area (Å²) in [5, 5.41) is 10.5. The third kappa shape index (κ3) is 11.8. The molecule has 0 bridgehead atoms. The van der Waals surface area contributed by atoms with Gasteiger partial charge in [-0.25, -0.2) is 4.68 Å². The maximum atomic E-state index is 10.1. The Morgan fingerprint density at radius 3 is 2.44 bits per heavy atom. The number of hydrogen-bond donors (Lipinski definition) is 2. The molecule has 0 saturated heterocycles. The molecule has 1 aromatic heterocycles. The van der Waals surface area contributed by atoms with Crippen LogP contribution in [0.1, 0.15) is 45.1 Å². The van der Waals surface area contributed by atoms with Crippen molar-refractivity contribution in [1.82, 2.24) is 15.1 Å². The Morgan fingerprint density at radius 2 is 1.94 bits per heavy atom. The molecule has 1 amide bonds. The molecule has 198 valence electrons. The number of ether oxygens (including phenoxy) is 2. The number of nitrogens with one attached hydrogen (secondary N) is 2. The van der Waals surface area contributed by atoms with Gasteiger partial charge in [-0.3, -0.25) is 4.79 Å². The van der Waals surface area contributed by atoms with Crippen molar-refractivity contribution in [2.45, 2.75) is 52.5 Å². The number of benzene rings is 1. The van der Waals surface area contributed by atoms with Crippen LogP contribution in [-0.2, 0) is 9.53 Å². The van der Waals surface area contributed by atoms with Crippen molar-refractivity contribution in [2.24, 2.45) is 5.92 Å². The second-order valence-electron chi connectivity index (χ2n) is 7.91. The number of anilines is 1. The van der Waals surface area contributed by atoms with E-state index in [9.17, 15) is 4.79 Å². The second-order valence-corrected chi connectivity index (χ2v) is 7.91. The highest BCUT2D eigenvalue weighted by molar-refractivity contribution is 5.54. The Balaban J connectivity index is 0.000000562. The quantitative estimate of drug-likeness (QED) is 0.256. The van der Waals surface area contributed by atoms with Gasteiger partial charge < -0.3 is 20.1 Å². The van der Waals surface area contributed by atoms with Gasteiger partial charge in [-0.2, -0.15) is 0 Å². The topological polar surface area (TPSA) is 77.4 Å². The molecule has 7 heteroatoms. The molecule has 0 radical (unpaired) electrons. The summed E-state index contributed by atoms with van der Waals surface area (Å²) < 4.78 is 12.4. The van der Waals surface area contributed by atoms with Crippen LogP contribution in [-0.4, -0.2) is 49.6 Å². The first-order valence-electron chi connectivity index (χ1n) is 12.3. The summed E-state index contributed by atoms with van der Waals surface area (Å²) in [5.74, 6) is 2.39. The zero-order valence-corrected chi connectivity index (χ0v) is 22.6. The van der Waals surface area contributed by atoms with Crippen molar-refractivity contribution in [3.63, 3.8) is 0 Å². The van der Waals surface area contributed by atoms with Gasteiger partial charge in [0.2, 0.25) is 12.3 Å². The molecule has 2 aromatic rings.